The predicted octanol–water partition coefficient (Wildman–Crippen LogP) is 1.64. The van der Waals surface area contributed by atoms with Crippen molar-refractivity contribution in [3.63, 3.8) is 0 Å². The third-order valence-corrected chi connectivity index (χ3v) is 6.17. The number of nitrogens with zero attached hydrogens (tertiary/aromatic N) is 3. The van der Waals surface area contributed by atoms with E-state index in [1.165, 1.54) is 22.7 Å². The molecule has 4 N–H and O–H groups in total. The van der Waals surface area contributed by atoms with E-state index in [2.05, 4.69) is 30.8 Å². The van der Waals surface area contributed by atoms with Crippen molar-refractivity contribution in [1.82, 2.24) is 25.5 Å². The number of aromatic nitrogens is 2. The van der Waals surface area contributed by atoms with Crippen molar-refractivity contribution in [2.24, 2.45) is 0 Å². The van der Waals surface area contributed by atoms with Gasteiger partial charge >= 0.3 is 6.09 Å². The van der Waals surface area contributed by atoms with Gasteiger partial charge in [0.1, 0.15) is 11.8 Å². The molecule has 0 aliphatic carbocycles. The summed E-state index contributed by atoms with van der Waals surface area (Å²) >= 11 is 2.66. The van der Waals surface area contributed by atoms with Crippen molar-refractivity contribution in [2.75, 3.05) is 25.5 Å². The van der Waals surface area contributed by atoms with Crippen molar-refractivity contribution in [3.8, 4) is 0 Å². The summed E-state index contributed by atoms with van der Waals surface area (Å²) in [4.78, 5) is 36.7. The minimum atomic E-state index is -1.19. The molecule has 0 fully saturated rings. The molecule has 10 nitrogen and oxygen atoms in total. The first kappa shape index (κ1) is 23.4. The van der Waals surface area contributed by atoms with Crippen molar-refractivity contribution < 1.29 is 19.4 Å². The zero-order valence-electron chi connectivity index (χ0n) is 18.0. The van der Waals surface area contributed by atoms with Gasteiger partial charge in [0.15, 0.2) is 10.1 Å². The lowest BCUT2D eigenvalue weighted by atomic mass is 10.2. The largest absolute Gasteiger partial charge is 0.444 e. The Kier molecular flexibility index (Phi) is 7.46. The smallest absolute Gasteiger partial charge is 0.407 e. The first-order valence-corrected chi connectivity index (χ1v) is 11.6. The van der Waals surface area contributed by atoms with Crippen molar-refractivity contribution >= 4 is 39.8 Å². The first-order chi connectivity index (χ1) is 14.6. The molecule has 2 aromatic heterocycles. The molecule has 0 saturated heterocycles. The van der Waals surface area contributed by atoms with E-state index < -0.39 is 29.9 Å². The number of thiazole rings is 2. The molecule has 2 atom stereocenters. The van der Waals surface area contributed by atoms with Gasteiger partial charge in [-0.25, -0.2) is 14.8 Å². The second-order valence-electron chi connectivity index (χ2n) is 8.27. The molecule has 1 aliphatic heterocycles. The minimum Gasteiger partial charge on any atom is -0.444 e. The number of alkyl carbamates (subject to hydrolysis) is 1. The molecule has 2 amide bonds. The highest BCUT2D eigenvalue weighted by molar-refractivity contribution is 7.14. The van der Waals surface area contributed by atoms with E-state index in [1.807, 2.05) is 7.05 Å². The van der Waals surface area contributed by atoms with Crippen LogP contribution in [0, 0.1) is 0 Å². The number of rotatable bonds is 7. The molecular weight excluding hydrogens is 440 g/mol. The van der Waals surface area contributed by atoms with Crippen LogP contribution in [0.25, 0.3) is 0 Å². The third kappa shape index (κ3) is 6.86. The van der Waals surface area contributed by atoms with Crippen LogP contribution < -0.4 is 16.0 Å². The highest BCUT2D eigenvalue weighted by atomic mass is 32.1. The molecule has 31 heavy (non-hydrogen) atoms. The summed E-state index contributed by atoms with van der Waals surface area (Å²) in [6, 6.07) is -0.840. The molecule has 0 saturated carbocycles. The molecular formula is C19H28N6O4S2. The number of fused-ring (bicyclic) bond motifs is 1. The standard InChI is InChI=1S/C19H28N6O4S2/c1-19(2,3)29-18(28)21-9-12(14(26)24-17-20-6-8-30-17)22-15(27)16-23-11-5-7-25(4)10-13(11)31-16/h6,8,12,14,26H,5,7,9-10H2,1-4H3,(H,20,24)(H,21,28)(H,22,27). The SMILES string of the molecule is CN1CCc2nc(C(=O)NC(CNC(=O)OC(C)(C)C)C(O)Nc3nccs3)sc2C1. The molecule has 2 aromatic rings. The summed E-state index contributed by atoms with van der Waals surface area (Å²) in [5, 5.41) is 21.4. The van der Waals surface area contributed by atoms with Gasteiger partial charge in [0.05, 0.1) is 11.7 Å². The molecule has 0 radical (unpaired) electrons. The summed E-state index contributed by atoms with van der Waals surface area (Å²) in [6.07, 6.45) is 0.573. The van der Waals surface area contributed by atoms with Crippen LogP contribution >= 0.6 is 22.7 Å². The van der Waals surface area contributed by atoms with Crippen LogP contribution in [0.5, 0.6) is 0 Å². The van der Waals surface area contributed by atoms with Gasteiger partial charge in [-0.2, -0.15) is 0 Å². The molecule has 0 spiro atoms. The van der Waals surface area contributed by atoms with Gasteiger partial charge in [0.25, 0.3) is 5.91 Å². The van der Waals surface area contributed by atoms with Crippen molar-refractivity contribution in [2.45, 2.75) is 51.6 Å². The van der Waals surface area contributed by atoms with E-state index in [-0.39, 0.29) is 6.54 Å². The van der Waals surface area contributed by atoms with Crippen molar-refractivity contribution in [3.05, 3.63) is 27.2 Å². The average molecular weight is 469 g/mol. The fourth-order valence-corrected chi connectivity index (χ4v) is 4.57. The number of ether oxygens (including phenoxy) is 1. The highest BCUT2D eigenvalue weighted by Crippen LogP contribution is 2.24. The summed E-state index contributed by atoms with van der Waals surface area (Å²) in [6.45, 7) is 6.88. The number of aliphatic hydroxyl groups is 1. The van der Waals surface area contributed by atoms with Gasteiger partial charge in [-0.15, -0.1) is 22.7 Å². The predicted molar refractivity (Wildman–Crippen MR) is 119 cm³/mol. The lowest BCUT2D eigenvalue weighted by Gasteiger charge is -2.26. The van der Waals surface area contributed by atoms with Gasteiger partial charge in [-0.1, -0.05) is 0 Å². The van der Waals surface area contributed by atoms with E-state index in [4.69, 9.17) is 4.74 Å². The van der Waals surface area contributed by atoms with Crippen LogP contribution in [-0.2, 0) is 17.7 Å². The second-order valence-corrected chi connectivity index (χ2v) is 10.2. The Morgan fingerprint density at radius 2 is 2.16 bits per heavy atom. The Bertz CT molecular complexity index is 896. The maximum Gasteiger partial charge on any atom is 0.407 e. The van der Waals surface area contributed by atoms with Crippen LogP contribution in [0.4, 0.5) is 9.93 Å². The number of anilines is 1. The van der Waals surface area contributed by atoms with Crippen LogP contribution in [0.3, 0.4) is 0 Å². The number of hydrogen-bond acceptors (Lipinski definition) is 10. The minimum absolute atomic E-state index is 0.0476. The van der Waals surface area contributed by atoms with Gasteiger partial charge < -0.3 is 30.7 Å². The lowest BCUT2D eigenvalue weighted by molar-refractivity contribution is 0.0503. The Morgan fingerprint density at radius 1 is 1.39 bits per heavy atom. The Morgan fingerprint density at radius 3 is 2.84 bits per heavy atom. The fraction of sp³-hybridized carbons (Fsp3) is 0.579. The van der Waals surface area contributed by atoms with E-state index >= 15 is 0 Å². The summed E-state index contributed by atoms with van der Waals surface area (Å²) in [5.74, 6) is -0.405. The normalized spacial score (nSPS) is 16.2. The van der Waals surface area contributed by atoms with Crippen LogP contribution in [0.1, 0.15) is 41.1 Å². The zero-order chi connectivity index (χ0) is 22.6. The van der Waals surface area contributed by atoms with Crippen LogP contribution in [-0.4, -0.2) is 70.0 Å². The van der Waals surface area contributed by atoms with E-state index in [0.29, 0.717) is 10.1 Å². The Balaban J connectivity index is 1.67. The highest BCUT2D eigenvalue weighted by Gasteiger charge is 2.27. The molecule has 3 heterocycles. The lowest BCUT2D eigenvalue weighted by Crippen LogP contribution is -2.53. The molecule has 1 aliphatic rings. The maximum atomic E-state index is 12.9. The van der Waals surface area contributed by atoms with Gasteiger partial charge in [-0.3, -0.25) is 4.79 Å². The van der Waals surface area contributed by atoms with Gasteiger partial charge in [0, 0.05) is 42.5 Å². The zero-order valence-corrected chi connectivity index (χ0v) is 19.6. The quantitative estimate of drug-likeness (QED) is 0.452. The summed E-state index contributed by atoms with van der Waals surface area (Å²) < 4.78 is 5.24. The number of amides is 2. The number of likely N-dealkylation sites (N-methyl/N-ethyl adjacent to an activating group) is 1. The first-order valence-electron chi connectivity index (χ1n) is 9.89. The Labute approximate surface area is 189 Å². The summed E-state index contributed by atoms with van der Waals surface area (Å²) in [7, 11) is 2.03. The van der Waals surface area contributed by atoms with Crippen LogP contribution in [0.2, 0.25) is 0 Å². The number of carbonyl (C=O) groups is 2. The number of nitrogens with one attached hydrogen (secondary N) is 3. The topological polar surface area (TPSA) is 129 Å². The third-order valence-electron chi connectivity index (χ3n) is 4.38. The van der Waals surface area contributed by atoms with Gasteiger partial charge in [-0.05, 0) is 27.8 Å². The number of hydrogen-bond donors (Lipinski definition) is 4. The second kappa shape index (κ2) is 9.90. The average Bonchev–Trinajstić information content (AvgIpc) is 3.32. The molecule has 0 bridgehead atoms. The summed E-state index contributed by atoms with van der Waals surface area (Å²) in [5.41, 5.74) is 0.284. The molecule has 3 rings (SSSR count). The number of carbonyl (C=O) groups excluding carboxylic acids is 2. The van der Waals surface area contributed by atoms with Gasteiger partial charge in [0.2, 0.25) is 0 Å². The Hall–Kier alpha value is -2.28. The number of aliphatic hydroxyl groups excluding tert-OH is 1. The van der Waals surface area contributed by atoms with E-state index in [0.717, 1.165) is 30.1 Å². The monoisotopic (exact) mass is 468 g/mol. The van der Waals surface area contributed by atoms with Crippen LogP contribution in [0.15, 0.2) is 11.6 Å². The molecule has 12 heteroatoms. The maximum absolute atomic E-state index is 12.9. The molecule has 0 aromatic carbocycles. The van der Waals surface area contributed by atoms with Crippen molar-refractivity contribution in [1.29, 1.82) is 0 Å². The van der Waals surface area contributed by atoms with E-state index in [9.17, 15) is 14.7 Å². The molecule has 170 valence electrons. The van der Waals surface area contributed by atoms with E-state index in [1.54, 1.807) is 32.3 Å². The molecule has 2 unspecified atom stereocenters. The fourth-order valence-electron chi connectivity index (χ4n) is 2.92.